The van der Waals surface area contributed by atoms with Crippen molar-refractivity contribution in [1.29, 1.82) is 5.26 Å². The minimum Gasteiger partial charge on any atom is -0.756 e. The molecule has 0 aromatic carbocycles. The molecule has 0 aliphatic rings. The molecular formula is C2H3NNaO4P. The van der Waals surface area contributed by atoms with Crippen molar-refractivity contribution in [3.8, 4) is 6.07 Å². The molecule has 0 aromatic heterocycles. The van der Waals surface area contributed by atoms with Crippen LogP contribution in [0.2, 0.25) is 0 Å². The van der Waals surface area contributed by atoms with Crippen LogP contribution in [0.1, 0.15) is 0 Å². The van der Waals surface area contributed by atoms with E-state index in [9.17, 15) is 9.46 Å². The molecule has 0 heterocycles. The number of hydrogen-bond donors (Lipinski definition) is 1. The van der Waals surface area contributed by atoms with Crippen LogP contribution < -0.4 is 34.5 Å². The molecule has 5 nitrogen and oxygen atoms in total. The Hall–Kier alpha value is 0.600. The van der Waals surface area contributed by atoms with Crippen molar-refractivity contribution in [2.45, 2.75) is 0 Å². The minimum absolute atomic E-state index is 0. The molecule has 0 saturated carbocycles. The topological polar surface area (TPSA) is 93.4 Å². The zero-order valence-electron chi connectivity index (χ0n) is 4.77. The first kappa shape index (κ1) is 12.3. The van der Waals surface area contributed by atoms with Gasteiger partial charge in [0.15, 0.2) is 0 Å². The molecule has 1 atom stereocenters. The summed E-state index contributed by atoms with van der Waals surface area (Å²) in [5.74, 6) is 0. The summed E-state index contributed by atoms with van der Waals surface area (Å²) in [6.45, 7) is -0.642. The maximum absolute atomic E-state index is 9.60. The van der Waals surface area contributed by atoms with Crippen molar-refractivity contribution < 1.29 is 48.4 Å². The summed E-state index contributed by atoms with van der Waals surface area (Å²) in [5, 5.41) is 7.68. The van der Waals surface area contributed by atoms with E-state index in [0.29, 0.717) is 0 Å². The van der Waals surface area contributed by atoms with Gasteiger partial charge in [0.1, 0.15) is 6.61 Å². The third-order valence-electron chi connectivity index (χ3n) is 0.292. The van der Waals surface area contributed by atoms with Gasteiger partial charge >= 0.3 is 29.6 Å². The normalized spacial score (nSPS) is 14.8. The van der Waals surface area contributed by atoms with Gasteiger partial charge in [0.25, 0.3) is 7.82 Å². The third kappa shape index (κ3) is 11.9. The van der Waals surface area contributed by atoms with Gasteiger partial charge in [-0.25, -0.2) is 0 Å². The monoisotopic (exact) mass is 159 g/mol. The van der Waals surface area contributed by atoms with Gasteiger partial charge in [0, 0.05) is 0 Å². The van der Waals surface area contributed by atoms with E-state index >= 15 is 0 Å². The Morgan fingerprint density at radius 2 is 2.33 bits per heavy atom. The Morgan fingerprint density at radius 1 is 1.89 bits per heavy atom. The van der Waals surface area contributed by atoms with E-state index in [1.807, 2.05) is 0 Å². The van der Waals surface area contributed by atoms with Gasteiger partial charge in [-0.3, -0.25) is 4.57 Å². The van der Waals surface area contributed by atoms with Crippen molar-refractivity contribution >= 4 is 7.82 Å². The number of nitriles is 1. The smallest absolute Gasteiger partial charge is 0.756 e. The summed E-state index contributed by atoms with van der Waals surface area (Å²) in [5.41, 5.74) is 0. The summed E-state index contributed by atoms with van der Waals surface area (Å²) in [6, 6.07) is 1.37. The SMILES string of the molecule is N#CCOP(=O)([O-])O.[Na+]. The van der Waals surface area contributed by atoms with E-state index in [1.54, 1.807) is 0 Å². The molecule has 1 unspecified atom stereocenters. The van der Waals surface area contributed by atoms with Crippen LogP contribution in [-0.2, 0) is 9.09 Å². The van der Waals surface area contributed by atoms with Crippen molar-refractivity contribution in [3.63, 3.8) is 0 Å². The van der Waals surface area contributed by atoms with Gasteiger partial charge < -0.3 is 14.3 Å². The summed E-state index contributed by atoms with van der Waals surface area (Å²) in [7, 11) is -4.65. The van der Waals surface area contributed by atoms with E-state index in [0.717, 1.165) is 0 Å². The van der Waals surface area contributed by atoms with Crippen LogP contribution in [0.4, 0.5) is 0 Å². The second kappa shape index (κ2) is 5.39. The van der Waals surface area contributed by atoms with Crippen LogP contribution >= 0.6 is 7.82 Å². The average Bonchev–Trinajstić information content (AvgIpc) is 1.59. The van der Waals surface area contributed by atoms with E-state index in [4.69, 9.17) is 10.2 Å². The Bertz CT molecular complexity index is 147. The van der Waals surface area contributed by atoms with Gasteiger partial charge in [0.05, 0.1) is 6.07 Å². The van der Waals surface area contributed by atoms with Crippen molar-refractivity contribution in [2.75, 3.05) is 6.61 Å². The Kier molecular flexibility index (Phi) is 7.36. The largest absolute Gasteiger partial charge is 1.00 e. The van der Waals surface area contributed by atoms with Crippen LogP contribution in [0.3, 0.4) is 0 Å². The summed E-state index contributed by atoms with van der Waals surface area (Å²) in [6.07, 6.45) is 0. The zero-order chi connectivity index (χ0) is 6.62. The Labute approximate surface area is 74.2 Å². The second-order valence-corrected chi connectivity index (χ2v) is 2.10. The van der Waals surface area contributed by atoms with Gasteiger partial charge in [-0.15, -0.1) is 0 Å². The minimum atomic E-state index is -4.65. The second-order valence-electron chi connectivity index (χ2n) is 0.900. The first-order chi connectivity index (χ1) is 3.56. The molecule has 0 spiro atoms. The molecule has 1 N–H and O–H groups in total. The van der Waals surface area contributed by atoms with Gasteiger partial charge in [0.2, 0.25) is 0 Å². The standard InChI is InChI=1S/C2H4NO4P.Na/c3-1-2-7-8(4,5)6;/h2H2,(H2,4,5,6);/q;+1/p-1. The summed E-state index contributed by atoms with van der Waals surface area (Å²) >= 11 is 0. The van der Waals surface area contributed by atoms with Crippen LogP contribution in [0, 0.1) is 11.3 Å². The molecular weight excluding hydrogens is 156 g/mol. The molecule has 0 rings (SSSR count). The van der Waals surface area contributed by atoms with Crippen LogP contribution in [0.5, 0.6) is 0 Å². The van der Waals surface area contributed by atoms with Gasteiger partial charge in [-0.1, -0.05) is 0 Å². The van der Waals surface area contributed by atoms with Crippen molar-refractivity contribution in [3.05, 3.63) is 0 Å². The number of phosphoric ester groups is 1. The molecule has 0 aromatic rings. The molecule has 0 aliphatic heterocycles. The number of phosphoric acid groups is 1. The van der Waals surface area contributed by atoms with Crippen LogP contribution in [0.25, 0.3) is 0 Å². The van der Waals surface area contributed by atoms with Crippen LogP contribution in [-0.4, -0.2) is 11.5 Å². The van der Waals surface area contributed by atoms with Crippen molar-refractivity contribution in [1.82, 2.24) is 0 Å². The molecule has 0 bridgehead atoms. The summed E-state index contributed by atoms with van der Waals surface area (Å²) < 4.78 is 13.2. The first-order valence-electron chi connectivity index (χ1n) is 1.61. The number of rotatable bonds is 2. The zero-order valence-corrected chi connectivity index (χ0v) is 7.67. The molecule has 0 aliphatic carbocycles. The van der Waals surface area contributed by atoms with Crippen molar-refractivity contribution in [2.24, 2.45) is 0 Å². The maximum Gasteiger partial charge on any atom is 1.00 e. The third-order valence-corrected chi connectivity index (χ3v) is 0.748. The number of hydrogen-bond acceptors (Lipinski definition) is 4. The molecule has 0 saturated heterocycles. The molecule has 9 heavy (non-hydrogen) atoms. The number of nitrogens with zero attached hydrogens (tertiary/aromatic N) is 1. The molecule has 7 heteroatoms. The molecule has 46 valence electrons. The Morgan fingerprint density at radius 3 is 2.44 bits per heavy atom. The van der Waals surface area contributed by atoms with Gasteiger partial charge in [-0.2, -0.15) is 5.26 Å². The fourth-order valence-electron chi connectivity index (χ4n) is 0.110. The summed E-state index contributed by atoms with van der Waals surface area (Å²) in [4.78, 5) is 17.4. The maximum atomic E-state index is 9.60. The average molecular weight is 159 g/mol. The first-order valence-corrected chi connectivity index (χ1v) is 3.11. The van der Waals surface area contributed by atoms with E-state index in [1.165, 1.54) is 6.07 Å². The van der Waals surface area contributed by atoms with E-state index < -0.39 is 14.4 Å². The predicted molar refractivity (Wildman–Crippen MR) is 21.4 cm³/mol. The van der Waals surface area contributed by atoms with E-state index in [-0.39, 0.29) is 29.6 Å². The Balaban J connectivity index is 0. The molecule has 0 radical (unpaired) electrons. The fourth-order valence-corrected chi connectivity index (χ4v) is 0.331. The van der Waals surface area contributed by atoms with Crippen LogP contribution in [0.15, 0.2) is 0 Å². The molecule has 0 fully saturated rings. The molecule has 0 amide bonds. The predicted octanol–water partition coefficient (Wildman–Crippen LogP) is -4.01. The fraction of sp³-hybridized carbons (Fsp3) is 0.500. The van der Waals surface area contributed by atoms with Gasteiger partial charge in [-0.05, 0) is 0 Å². The van der Waals surface area contributed by atoms with E-state index in [2.05, 4.69) is 4.52 Å². The quantitative estimate of drug-likeness (QED) is 0.327.